The maximum Gasteiger partial charge on any atom is 0.253 e. The van der Waals surface area contributed by atoms with Crippen LogP contribution in [0.25, 0.3) is 0 Å². The number of likely N-dealkylation sites (tertiary alicyclic amines) is 2. The van der Waals surface area contributed by atoms with E-state index in [2.05, 4.69) is 11.8 Å². The number of fused-ring (bicyclic) bond motifs is 1. The van der Waals surface area contributed by atoms with Crippen LogP contribution >= 0.6 is 0 Å². The molecule has 2 fully saturated rings. The van der Waals surface area contributed by atoms with E-state index < -0.39 is 0 Å². The van der Waals surface area contributed by atoms with Gasteiger partial charge in [-0.2, -0.15) is 0 Å². The Balaban J connectivity index is 1.39. The van der Waals surface area contributed by atoms with Crippen LogP contribution in [0.4, 0.5) is 0 Å². The number of hydrogen-bond acceptors (Lipinski definition) is 4. The number of hydrogen-bond donors (Lipinski definition) is 0. The van der Waals surface area contributed by atoms with Gasteiger partial charge in [-0.3, -0.25) is 19.1 Å². The molecule has 0 N–H and O–H groups in total. The van der Waals surface area contributed by atoms with E-state index in [1.165, 1.54) is 12.8 Å². The molecule has 148 valence electrons. The summed E-state index contributed by atoms with van der Waals surface area (Å²) in [6, 6.07) is 1.75. The van der Waals surface area contributed by atoms with Gasteiger partial charge in [-0.05, 0) is 44.6 Å². The van der Waals surface area contributed by atoms with E-state index in [4.69, 9.17) is 4.98 Å². The second-order valence-corrected chi connectivity index (χ2v) is 8.71. The van der Waals surface area contributed by atoms with Crippen LogP contribution in [0, 0.1) is 5.92 Å². The second-order valence-electron chi connectivity index (χ2n) is 8.71. The van der Waals surface area contributed by atoms with E-state index >= 15 is 0 Å². The molecule has 0 aromatic carbocycles. The molecule has 1 aromatic rings. The van der Waals surface area contributed by atoms with Gasteiger partial charge >= 0.3 is 0 Å². The molecule has 0 radical (unpaired) electrons. The maximum atomic E-state index is 12.6. The van der Waals surface area contributed by atoms with Crippen LogP contribution < -0.4 is 5.56 Å². The van der Waals surface area contributed by atoms with Crippen LogP contribution in [0.5, 0.6) is 0 Å². The standard InChI is InChI=1S/C21H32N4O2/c1-16-6-5-9-24(13-16)21(27)15-23-11-8-17(14-23)18-12-20(26)25-10-4-2-3-7-19(25)22-18/h12,16-17H,2-11,13-15H2,1H3/t16-,17+/m0/s1. The van der Waals surface area contributed by atoms with Crippen LogP contribution in [-0.4, -0.2) is 58.0 Å². The monoisotopic (exact) mass is 372 g/mol. The largest absolute Gasteiger partial charge is 0.341 e. The lowest BCUT2D eigenvalue weighted by Crippen LogP contribution is -2.44. The molecule has 0 bridgehead atoms. The van der Waals surface area contributed by atoms with E-state index in [0.717, 1.165) is 76.3 Å². The molecule has 27 heavy (non-hydrogen) atoms. The van der Waals surface area contributed by atoms with Gasteiger partial charge in [0.05, 0.1) is 12.2 Å². The summed E-state index contributed by atoms with van der Waals surface area (Å²) < 4.78 is 1.87. The maximum absolute atomic E-state index is 12.6. The smallest absolute Gasteiger partial charge is 0.253 e. The number of amides is 1. The Kier molecular flexibility index (Phi) is 5.62. The molecule has 0 spiro atoms. The second kappa shape index (κ2) is 8.13. The number of aromatic nitrogens is 2. The summed E-state index contributed by atoms with van der Waals surface area (Å²) in [6.07, 6.45) is 7.61. The Labute approximate surface area is 161 Å². The summed E-state index contributed by atoms with van der Waals surface area (Å²) >= 11 is 0. The lowest BCUT2D eigenvalue weighted by molar-refractivity contribution is -0.133. The molecule has 1 aromatic heterocycles. The Bertz CT molecular complexity index is 744. The fourth-order valence-corrected chi connectivity index (χ4v) is 4.87. The van der Waals surface area contributed by atoms with Gasteiger partial charge in [0.25, 0.3) is 5.56 Å². The minimum Gasteiger partial charge on any atom is -0.341 e. The lowest BCUT2D eigenvalue weighted by Gasteiger charge is -2.32. The number of aryl methyl sites for hydroxylation is 1. The molecule has 6 heteroatoms. The van der Waals surface area contributed by atoms with Gasteiger partial charge in [0.1, 0.15) is 5.82 Å². The zero-order valence-corrected chi connectivity index (χ0v) is 16.5. The quantitative estimate of drug-likeness (QED) is 0.814. The average Bonchev–Trinajstić information content (AvgIpc) is 2.97. The van der Waals surface area contributed by atoms with Gasteiger partial charge in [-0.25, -0.2) is 4.98 Å². The van der Waals surface area contributed by atoms with Crippen LogP contribution in [0.1, 0.15) is 62.9 Å². The highest BCUT2D eigenvalue weighted by Gasteiger charge is 2.29. The van der Waals surface area contributed by atoms with Gasteiger partial charge in [0.2, 0.25) is 5.91 Å². The molecule has 3 aliphatic heterocycles. The average molecular weight is 373 g/mol. The Hall–Kier alpha value is -1.69. The molecule has 0 aliphatic carbocycles. The highest BCUT2D eigenvalue weighted by molar-refractivity contribution is 5.78. The minimum absolute atomic E-state index is 0.105. The van der Waals surface area contributed by atoms with Gasteiger partial charge in [-0.1, -0.05) is 13.3 Å². The first-order valence-corrected chi connectivity index (χ1v) is 10.7. The highest BCUT2D eigenvalue weighted by atomic mass is 16.2. The number of piperidine rings is 1. The Morgan fingerprint density at radius 2 is 2.00 bits per heavy atom. The van der Waals surface area contributed by atoms with Crippen LogP contribution in [0.15, 0.2) is 10.9 Å². The van der Waals surface area contributed by atoms with Crippen molar-refractivity contribution < 1.29 is 4.79 Å². The zero-order valence-electron chi connectivity index (χ0n) is 16.5. The molecule has 4 rings (SSSR count). The molecule has 2 atom stereocenters. The summed E-state index contributed by atoms with van der Waals surface area (Å²) in [5, 5.41) is 0. The summed E-state index contributed by atoms with van der Waals surface area (Å²) in [4.78, 5) is 34.3. The molecule has 2 saturated heterocycles. The van der Waals surface area contributed by atoms with Crippen molar-refractivity contribution in [2.75, 3.05) is 32.7 Å². The SMILES string of the molecule is C[C@H]1CCCN(C(=O)CN2CC[C@@H](c3cc(=O)n4c(n3)CCCCC4)C2)C1. The Morgan fingerprint density at radius 1 is 1.11 bits per heavy atom. The molecule has 0 unspecified atom stereocenters. The van der Waals surface area contributed by atoms with Crippen molar-refractivity contribution in [3.8, 4) is 0 Å². The van der Waals surface area contributed by atoms with Crippen LogP contribution in [0.2, 0.25) is 0 Å². The predicted octanol–water partition coefficient (Wildman–Crippen LogP) is 2.02. The number of rotatable bonds is 3. The van der Waals surface area contributed by atoms with E-state index in [9.17, 15) is 9.59 Å². The van der Waals surface area contributed by atoms with Crippen molar-refractivity contribution in [2.24, 2.45) is 5.92 Å². The van der Waals surface area contributed by atoms with Crippen molar-refractivity contribution in [1.82, 2.24) is 19.4 Å². The molecular formula is C21H32N4O2. The highest BCUT2D eigenvalue weighted by Crippen LogP contribution is 2.26. The summed E-state index contributed by atoms with van der Waals surface area (Å²) in [7, 11) is 0. The van der Waals surface area contributed by atoms with Gasteiger partial charge in [-0.15, -0.1) is 0 Å². The van der Waals surface area contributed by atoms with Crippen molar-refractivity contribution >= 4 is 5.91 Å². The first-order valence-electron chi connectivity index (χ1n) is 10.7. The fraction of sp³-hybridized carbons (Fsp3) is 0.762. The third-order valence-corrected chi connectivity index (χ3v) is 6.45. The van der Waals surface area contributed by atoms with Gasteiger partial charge < -0.3 is 4.90 Å². The summed E-state index contributed by atoms with van der Waals surface area (Å²) in [6.45, 7) is 7.11. The summed E-state index contributed by atoms with van der Waals surface area (Å²) in [5.41, 5.74) is 1.04. The number of carbonyl (C=O) groups excluding carboxylic acids is 1. The normalized spacial score (nSPS) is 26.6. The predicted molar refractivity (Wildman–Crippen MR) is 105 cm³/mol. The number of carbonyl (C=O) groups is 1. The first kappa shape index (κ1) is 18.7. The van der Waals surface area contributed by atoms with Crippen molar-refractivity contribution in [2.45, 2.75) is 64.3 Å². The molecular weight excluding hydrogens is 340 g/mol. The molecule has 6 nitrogen and oxygen atoms in total. The van der Waals surface area contributed by atoms with E-state index in [0.29, 0.717) is 12.5 Å². The van der Waals surface area contributed by atoms with Crippen molar-refractivity contribution in [1.29, 1.82) is 0 Å². The molecule has 0 saturated carbocycles. The van der Waals surface area contributed by atoms with Crippen molar-refractivity contribution in [3.05, 3.63) is 27.9 Å². The van der Waals surface area contributed by atoms with Crippen molar-refractivity contribution in [3.63, 3.8) is 0 Å². The van der Waals surface area contributed by atoms with E-state index in [1.54, 1.807) is 6.07 Å². The lowest BCUT2D eigenvalue weighted by atomic mass is 10.0. The first-order chi connectivity index (χ1) is 13.1. The molecule has 3 aliphatic rings. The zero-order chi connectivity index (χ0) is 18.8. The van der Waals surface area contributed by atoms with E-state index in [1.807, 2.05) is 9.47 Å². The minimum atomic E-state index is 0.105. The topological polar surface area (TPSA) is 58.4 Å². The molecule has 4 heterocycles. The van der Waals surface area contributed by atoms with Gasteiger partial charge in [0.15, 0.2) is 0 Å². The fourth-order valence-electron chi connectivity index (χ4n) is 4.87. The summed E-state index contributed by atoms with van der Waals surface area (Å²) in [5.74, 6) is 2.12. The van der Waals surface area contributed by atoms with Crippen LogP contribution in [-0.2, 0) is 17.8 Å². The number of nitrogens with zero attached hydrogens (tertiary/aromatic N) is 4. The van der Waals surface area contributed by atoms with Gasteiger partial charge in [0, 0.05) is 44.6 Å². The third-order valence-electron chi connectivity index (χ3n) is 6.45. The van der Waals surface area contributed by atoms with E-state index in [-0.39, 0.29) is 17.4 Å². The third kappa shape index (κ3) is 4.26. The molecule has 1 amide bonds. The Morgan fingerprint density at radius 3 is 2.85 bits per heavy atom. The van der Waals surface area contributed by atoms with Crippen LogP contribution in [0.3, 0.4) is 0 Å².